The second kappa shape index (κ2) is 8.84. The Morgan fingerprint density at radius 3 is 2.72 bits per heavy atom. The summed E-state index contributed by atoms with van der Waals surface area (Å²) in [7, 11) is 1.64. The van der Waals surface area contributed by atoms with Crippen molar-refractivity contribution in [1.29, 1.82) is 0 Å². The number of aromatic carboxylic acids is 1. The number of hydrogen-bond acceptors (Lipinski definition) is 5. The summed E-state index contributed by atoms with van der Waals surface area (Å²) in [6.07, 6.45) is 1.78. The average molecular weight is 475 g/mol. The Hall–Kier alpha value is -2.58. The van der Waals surface area contributed by atoms with E-state index in [0.717, 1.165) is 10.0 Å². The van der Waals surface area contributed by atoms with Gasteiger partial charge in [-0.25, -0.2) is 9.79 Å². The standard InChI is InChI=1S/C21H19BrN2O4S/c1-12(2)28-17-8-7-15(22)9-14(17)11-18-19(25)24(3)21(29-18)23-16-6-4-5-13(10-16)20(26)27/h4-12H,1-3H3,(H,26,27)/b18-11+,23-21?. The van der Waals surface area contributed by atoms with E-state index in [0.29, 0.717) is 21.5 Å². The molecule has 0 atom stereocenters. The molecule has 1 aliphatic heterocycles. The lowest BCUT2D eigenvalue weighted by molar-refractivity contribution is -0.121. The molecule has 6 nitrogen and oxygen atoms in total. The molecule has 0 unspecified atom stereocenters. The number of nitrogens with zero attached hydrogens (tertiary/aromatic N) is 2. The van der Waals surface area contributed by atoms with Gasteiger partial charge in [0.1, 0.15) is 5.75 Å². The van der Waals surface area contributed by atoms with Gasteiger partial charge < -0.3 is 9.84 Å². The first-order chi connectivity index (χ1) is 13.7. The summed E-state index contributed by atoms with van der Waals surface area (Å²) >= 11 is 4.69. The van der Waals surface area contributed by atoms with Crippen LogP contribution in [0, 0.1) is 0 Å². The van der Waals surface area contributed by atoms with Gasteiger partial charge in [0, 0.05) is 17.1 Å². The Bertz CT molecular complexity index is 1030. The van der Waals surface area contributed by atoms with Crippen molar-refractivity contribution in [3.63, 3.8) is 0 Å². The number of hydrogen-bond donors (Lipinski definition) is 1. The van der Waals surface area contributed by atoms with Crippen LogP contribution >= 0.6 is 27.7 Å². The van der Waals surface area contributed by atoms with Crippen molar-refractivity contribution in [2.24, 2.45) is 4.99 Å². The number of carbonyl (C=O) groups is 2. The molecule has 2 aromatic rings. The van der Waals surface area contributed by atoms with Crippen molar-refractivity contribution in [1.82, 2.24) is 4.90 Å². The van der Waals surface area contributed by atoms with Crippen LogP contribution in [0.4, 0.5) is 5.69 Å². The fraction of sp³-hybridized carbons (Fsp3) is 0.190. The smallest absolute Gasteiger partial charge is 0.335 e. The molecular formula is C21H19BrN2O4S. The summed E-state index contributed by atoms with van der Waals surface area (Å²) in [5.41, 5.74) is 1.40. The summed E-state index contributed by atoms with van der Waals surface area (Å²) in [5, 5.41) is 9.61. The normalized spacial score (nSPS) is 16.9. The van der Waals surface area contributed by atoms with Crippen molar-refractivity contribution in [2.75, 3.05) is 7.05 Å². The lowest BCUT2D eigenvalue weighted by Crippen LogP contribution is -2.23. The Morgan fingerprint density at radius 2 is 2.03 bits per heavy atom. The number of aliphatic imine (C=N–C) groups is 1. The molecular weight excluding hydrogens is 456 g/mol. The third-order valence-electron chi connectivity index (χ3n) is 3.94. The summed E-state index contributed by atoms with van der Waals surface area (Å²) in [6, 6.07) is 11.9. The lowest BCUT2D eigenvalue weighted by Gasteiger charge is -2.13. The zero-order valence-corrected chi connectivity index (χ0v) is 18.5. The highest BCUT2D eigenvalue weighted by Crippen LogP contribution is 2.35. The van der Waals surface area contributed by atoms with E-state index in [4.69, 9.17) is 9.84 Å². The maximum absolute atomic E-state index is 12.7. The number of amidine groups is 1. The van der Waals surface area contributed by atoms with Gasteiger partial charge in [-0.2, -0.15) is 0 Å². The second-order valence-corrected chi connectivity index (χ2v) is 8.50. The molecule has 1 amide bonds. The topological polar surface area (TPSA) is 79.2 Å². The highest BCUT2D eigenvalue weighted by molar-refractivity contribution is 9.10. The molecule has 2 aromatic carbocycles. The summed E-state index contributed by atoms with van der Waals surface area (Å²) < 4.78 is 6.72. The predicted octanol–water partition coefficient (Wildman–Crippen LogP) is 5.17. The minimum Gasteiger partial charge on any atom is -0.490 e. The third kappa shape index (κ3) is 5.07. The van der Waals surface area contributed by atoms with Crippen molar-refractivity contribution < 1.29 is 19.4 Å². The molecule has 8 heteroatoms. The Morgan fingerprint density at radius 1 is 1.28 bits per heavy atom. The van der Waals surface area contributed by atoms with Crippen LogP contribution in [-0.2, 0) is 4.79 Å². The van der Waals surface area contributed by atoms with Crippen LogP contribution in [0.1, 0.15) is 29.8 Å². The number of rotatable bonds is 5. The van der Waals surface area contributed by atoms with E-state index >= 15 is 0 Å². The van der Waals surface area contributed by atoms with Gasteiger partial charge in [0.25, 0.3) is 5.91 Å². The highest BCUT2D eigenvalue weighted by atomic mass is 79.9. The number of ether oxygens (including phenoxy) is 1. The molecule has 0 bridgehead atoms. The van der Waals surface area contributed by atoms with Gasteiger partial charge >= 0.3 is 5.97 Å². The number of halogens is 1. The van der Waals surface area contributed by atoms with Crippen LogP contribution in [0.3, 0.4) is 0 Å². The quantitative estimate of drug-likeness (QED) is 0.604. The van der Waals surface area contributed by atoms with Crippen molar-refractivity contribution >= 4 is 56.5 Å². The van der Waals surface area contributed by atoms with Crippen LogP contribution in [0.25, 0.3) is 6.08 Å². The van der Waals surface area contributed by atoms with Gasteiger partial charge in [-0.15, -0.1) is 0 Å². The van der Waals surface area contributed by atoms with Crippen LogP contribution in [0.2, 0.25) is 0 Å². The number of carbonyl (C=O) groups excluding carboxylic acids is 1. The minimum atomic E-state index is -1.02. The highest BCUT2D eigenvalue weighted by Gasteiger charge is 2.30. The van der Waals surface area contributed by atoms with Gasteiger partial charge in [-0.3, -0.25) is 9.69 Å². The van der Waals surface area contributed by atoms with Gasteiger partial charge in [0.15, 0.2) is 5.17 Å². The maximum atomic E-state index is 12.7. The molecule has 1 saturated heterocycles. The second-order valence-electron chi connectivity index (χ2n) is 6.57. The molecule has 1 heterocycles. The molecule has 1 aliphatic rings. The Balaban J connectivity index is 1.94. The van der Waals surface area contributed by atoms with Crippen molar-refractivity contribution in [3.8, 4) is 5.75 Å². The molecule has 0 aromatic heterocycles. The van der Waals surface area contributed by atoms with Gasteiger partial charge in [-0.05, 0) is 68.1 Å². The number of amides is 1. The van der Waals surface area contributed by atoms with E-state index in [2.05, 4.69) is 20.9 Å². The first-order valence-electron chi connectivity index (χ1n) is 8.80. The fourth-order valence-electron chi connectivity index (χ4n) is 2.61. The molecule has 150 valence electrons. The maximum Gasteiger partial charge on any atom is 0.335 e. The first-order valence-corrected chi connectivity index (χ1v) is 10.4. The van der Waals surface area contributed by atoms with Crippen LogP contribution in [0.5, 0.6) is 5.75 Å². The molecule has 3 rings (SSSR count). The average Bonchev–Trinajstić information content (AvgIpc) is 2.92. The van der Waals surface area contributed by atoms with Gasteiger partial charge in [0.05, 0.1) is 22.3 Å². The molecule has 1 fully saturated rings. The van der Waals surface area contributed by atoms with E-state index in [1.807, 2.05) is 32.0 Å². The molecule has 29 heavy (non-hydrogen) atoms. The largest absolute Gasteiger partial charge is 0.490 e. The SMILES string of the molecule is CC(C)Oc1ccc(Br)cc1/C=C1/SC(=Nc2cccc(C(=O)O)c2)N(C)C1=O. The van der Waals surface area contributed by atoms with Crippen molar-refractivity contribution in [3.05, 3.63) is 63.0 Å². The lowest BCUT2D eigenvalue weighted by atomic mass is 10.2. The predicted molar refractivity (Wildman–Crippen MR) is 119 cm³/mol. The molecule has 1 N–H and O–H groups in total. The number of likely N-dealkylation sites (N-methyl/N-ethyl adjacent to an activating group) is 1. The molecule has 0 aliphatic carbocycles. The van der Waals surface area contributed by atoms with Gasteiger partial charge in [0.2, 0.25) is 0 Å². The summed E-state index contributed by atoms with van der Waals surface area (Å²) in [6.45, 7) is 3.89. The first kappa shape index (κ1) is 21.1. The Labute approximate surface area is 181 Å². The summed E-state index contributed by atoms with van der Waals surface area (Å²) in [4.78, 5) is 30.3. The zero-order valence-electron chi connectivity index (χ0n) is 16.0. The Kier molecular flexibility index (Phi) is 6.44. The van der Waals surface area contributed by atoms with Crippen molar-refractivity contribution in [2.45, 2.75) is 20.0 Å². The molecule has 0 spiro atoms. The molecule has 0 radical (unpaired) electrons. The van der Waals surface area contributed by atoms with E-state index in [9.17, 15) is 9.59 Å². The number of thioether (sulfide) groups is 1. The monoisotopic (exact) mass is 474 g/mol. The third-order valence-corrected chi connectivity index (χ3v) is 5.50. The molecule has 0 saturated carbocycles. The number of carboxylic acid groups (broad SMARTS) is 1. The van der Waals surface area contributed by atoms with E-state index < -0.39 is 5.97 Å². The van der Waals surface area contributed by atoms with Gasteiger partial charge in [-0.1, -0.05) is 22.0 Å². The van der Waals surface area contributed by atoms with E-state index in [-0.39, 0.29) is 17.6 Å². The van der Waals surface area contributed by atoms with E-state index in [1.54, 1.807) is 25.3 Å². The van der Waals surface area contributed by atoms with Crippen LogP contribution in [-0.4, -0.2) is 40.2 Å². The van der Waals surface area contributed by atoms with E-state index in [1.165, 1.54) is 28.8 Å². The van der Waals surface area contributed by atoms with Crippen LogP contribution < -0.4 is 4.74 Å². The number of carboxylic acids is 1. The minimum absolute atomic E-state index is 0.00145. The number of benzene rings is 2. The zero-order chi connectivity index (χ0) is 21.1. The fourth-order valence-corrected chi connectivity index (χ4v) is 3.96. The van der Waals surface area contributed by atoms with Crippen LogP contribution in [0.15, 0.2) is 56.8 Å². The summed E-state index contributed by atoms with van der Waals surface area (Å²) in [5.74, 6) is -0.520.